The Morgan fingerprint density at radius 3 is 2.89 bits per heavy atom. The van der Waals surface area contributed by atoms with Gasteiger partial charge in [0.2, 0.25) is 0 Å². The fourth-order valence-corrected chi connectivity index (χ4v) is 3.99. The Morgan fingerprint density at radius 2 is 2.11 bits per heavy atom. The Morgan fingerprint density at radius 1 is 1.16 bits per heavy atom. The SMILES string of the molecule is Clc1cccc2c(NC3CC4CCC3C4)ncnc12. The first-order valence-corrected chi connectivity index (χ1v) is 7.35. The van der Waals surface area contributed by atoms with Crippen LogP contribution >= 0.6 is 11.6 Å². The lowest BCUT2D eigenvalue weighted by molar-refractivity contribution is 0.439. The smallest absolute Gasteiger partial charge is 0.137 e. The van der Waals surface area contributed by atoms with Gasteiger partial charge in [-0.15, -0.1) is 0 Å². The summed E-state index contributed by atoms with van der Waals surface area (Å²) < 4.78 is 0. The fraction of sp³-hybridized carbons (Fsp3) is 0.467. The third-order valence-electron chi connectivity index (χ3n) is 4.68. The maximum absolute atomic E-state index is 6.19. The third-order valence-corrected chi connectivity index (χ3v) is 4.98. The zero-order chi connectivity index (χ0) is 12.8. The highest BCUT2D eigenvalue weighted by molar-refractivity contribution is 6.35. The summed E-state index contributed by atoms with van der Waals surface area (Å²) in [6, 6.07) is 6.45. The highest BCUT2D eigenvalue weighted by Gasteiger charge is 2.39. The van der Waals surface area contributed by atoms with Crippen molar-refractivity contribution < 1.29 is 0 Å². The van der Waals surface area contributed by atoms with Crippen molar-refractivity contribution in [2.45, 2.75) is 31.7 Å². The summed E-state index contributed by atoms with van der Waals surface area (Å²) in [6.45, 7) is 0. The lowest BCUT2D eigenvalue weighted by Gasteiger charge is -2.23. The van der Waals surface area contributed by atoms with Crippen molar-refractivity contribution in [2.75, 3.05) is 5.32 Å². The summed E-state index contributed by atoms with van der Waals surface area (Å²) in [7, 11) is 0. The highest BCUT2D eigenvalue weighted by atomic mass is 35.5. The van der Waals surface area contributed by atoms with Gasteiger partial charge in [-0.1, -0.05) is 24.1 Å². The van der Waals surface area contributed by atoms with E-state index >= 15 is 0 Å². The molecular weight excluding hydrogens is 258 g/mol. The van der Waals surface area contributed by atoms with Crippen LogP contribution in [-0.4, -0.2) is 16.0 Å². The first-order chi connectivity index (χ1) is 9.31. The minimum absolute atomic E-state index is 0.579. The largest absolute Gasteiger partial charge is 0.366 e. The van der Waals surface area contributed by atoms with E-state index in [-0.39, 0.29) is 0 Å². The number of halogens is 1. The molecule has 0 amide bonds. The second kappa shape index (κ2) is 4.34. The molecule has 2 fully saturated rings. The van der Waals surface area contributed by atoms with Crippen molar-refractivity contribution in [1.29, 1.82) is 0 Å². The molecule has 98 valence electrons. The number of fused-ring (bicyclic) bond motifs is 3. The van der Waals surface area contributed by atoms with Crippen LogP contribution in [0.15, 0.2) is 24.5 Å². The van der Waals surface area contributed by atoms with Crippen LogP contribution in [0.5, 0.6) is 0 Å². The van der Waals surface area contributed by atoms with Gasteiger partial charge in [0.05, 0.1) is 10.5 Å². The van der Waals surface area contributed by atoms with Crippen molar-refractivity contribution in [3.05, 3.63) is 29.5 Å². The normalized spacial score (nSPS) is 29.0. The Balaban J connectivity index is 1.70. The zero-order valence-electron chi connectivity index (χ0n) is 10.6. The zero-order valence-corrected chi connectivity index (χ0v) is 11.4. The van der Waals surface area contributed by atoms with Crippen LogP contribution in [-0.2, 0) is 0 Å². The number of aromatic nitrogens is 2. The van der Waals surface area contributed by atoms with Gasteiger partial charge in [-0.3, -0.25) is 0 Å². The van der Waals surface area contributed by atoms with Crippen LogP contribution in [0.2, 0.25) is 5.02 Å². The minimum atomic E-state index is 0.579. The molecule has 4 rings (SSSR count). The van der Waals surface area contributed by atoms with E-state index in [2.05, 4.69) is 15.3 Å². The molecule has 1 N–H and O–H groups in total. The molecule has 19 heavy (non-hydrogen) atoms. The van der Waals surface area contributed by atoms with Crippen LogP contribution in [0, 0.1) is 11.8 Å². The number of para-hydroxylation sites is 1. The average Bonchev–Trinajstić information content (AvgIpc) is 3.02. The van der Waals surface area contributed by atoms with E-state index in [1.165, 1.54) is 25.7 Å². The molecule has 1 aromatic carbocycles. The molecule has 2 aliphatic rings. The Labute approximate surface area is 117 Å². The molecule has 4 heteroatoms. The number of nitrogens with zero attached hydrogens (tertiary/aromatic N) is 2. The van der Waals surface area contributed by atoms with Crippen molar-refractivity contribution >= 4 is 28.3 Å². The molecule has 0 aliphatic heterocycles. The number of anilines is 1. The van der Waals surface area contributed by atoms with Crippen LogP contribution in [0.1, 0.15) is 25.7 Å². The van der Waals surface area contributed by atoms with Crippen molar-refractivity contribution in [1.82, 2.24) is 9.97 Å². The Hall–Kier alpha value is -1.35. The van der Waals surface area contributed by atoms with Crippen LogP contribution in [0.3, 0.4) is 0 Å². The molecule has 0 radical (unpaired) electrons. The predicted octanol–water partition coefficient (Wildman–Crippen LogP) is 3.88. The summed E-state index contributed by atoms with van der Waals surface area (Å²) in [5.74, 6) is 2.69. The van der Waals surface area contributed by atoms with Gasteiger partial charge in [0.25, 0.3) is 0 Å². The van der Waals surface area contributed by atoms with E-state index in [9.17, 15) is 0 Å². The molecular formula is C15H16ClN3. The molecule has 1 aromatic heterocycles. The van der Waals surface area contributed by atoms with Gasteiger partial charge in [0, 0.05) is 11.4 Å². The number of hydrogen-bond acceptors (Lipinski definition) is 3. The number of nitrogens with one attached hydrogen (secondary N) is 1. The molecule has 2 bridgehead atoms. The summed E-state index contributed by atoms with van der Waals surface area (Å²) in [5.41, 5.74) is 0.838. The summed E-state index contributed by atoms with van der Waals surface area (Å²) >= 11 is 6.19. The monoisotopic (exact) mass is 273 g/mol. The van der Waals surface area contributed by atoms with Gasteiger partial charge >= 0.3 is 0 Å². The van der Waals surface area contributed by atoms with E-state index < -0.39 is 0 Å². The maximum Gasteiger partial charge on any atom is 0.137 e. The third kappa shape index (κ3) is 1.88. The van der Waals surface area contributed by atoms with Crippen molar-refractivity contribution in [2.24, 2.45) is 11.8 Å². The van der Waals surface area contributed by atoms with Gasteiger partial charge in [0.15, 0.2) is 0 Å². The Kier molecular flexibility index (Phi) is 2.62. The summed E-state index contributed by atoms with van der Waals surface area (Å²) in [5, 5.41) is 5.35. The van der Waals surface area contributed by atoms with Crippen molar-refractivity contribution in [3.63, 3.8) is 0 Å². The first kappa shape index (κ1) is 11.5. The van der Waals surface area contributed by atoms with Crippen LogP contribution in [0.4, 0.5) is 5.82 Å². The average molecular weight is 274 g/mol. The number of hydrogen-bond donors (Lipinski definition) is 1. The highest BCUT2D eigenvalue weighted by Crippen LogP contribution is 2.45. The van der Waals surface area contributed by atoms with Gasteiger partial charge < -0.3 is 5.32 Å². The second-order valence-corrected chi connectivity index (χ2v) is 6.19. The minimum Gasteiger partial charge on any atom is -0.366 e. The first-order valence-electron chi connectivity index (χ1n) is 6.97. The molecule has 2 aromatic rings. The molecule has 3 atom stereocenters. The molecule has 3 nitrogen and oxygen atoms in total. The standard InChI is InChI=1S/C15H16ClN3/c16-12-3-1-2-11-14(12)17-8-18-15(11)19-13-7-9-4-5-10(13)6-9/h1-3,8-10,13H,4-7H2,(H,17,18,19). The lowest BCUT2D eigenvalue weighted by Crippen LogP contribution is -2.26. The van der Waals surface area contributed by atoms with Gasteiger partial charge in [-0.05, 0) is 43.2 Å². The van der Waals surface area contributed by atoms with E-state index in [1.807, 2.05) is 18.2 Å². The van der Waals surface area contributed by atoms with Gasteiger partial charge in [0.1, 0.15) is 12.1 Å². The molecule has 1 heterocycles. The Bertz CT molecular complexity index is 628. The summed E-state index contributed by atoms with van der Waals surface area (Å²) in [4.78, 5) is 8.70. The van der Waals surface area contributed by atoms with Crippen molar-refractivity contribution in [3.8, 4) is 0 Å². The van der Waals surface area contributed by atoms with E-state index in [4.69, 9.17) is 11.6 Å². The maximum atomic E-state index is 6.19. The van der Waals surface area contributed by atoms with Crippen LogP contribution < -0.4 is 5.32 Å². The van der Waals surface area contributed by atoms with E-state index in [0.29, 0.717) is 11.1 Å². The molecule has 0 spiro atoms. The summed E-state index contributed by atoms with van der Waals surface area (Å²) in [6.07, 6.45) is 7.06. The van der Waals surface area contributed by atoms with Gasteiger partial charge in [-0.2, -0.15) is 0 Å². The number of benzene rings is 1. The second-order valence-electron chi connectivity index (χ2n) is 5.78. The van der Waals surface area contributed by atoms with Crippen LogP contribution in [0.25, 0.3) is 10.9 Å². The number of rotatable bonds is 2. The van der Waals surface area contributed by atoms with Gasteiger partial charge in [-0.25, -0.2) is 9.97 Å². The van der Waals surface area contributed by atoms with E-state index in [1.54, 1.807) is 6.33 Å². The topological polar surface area (TPSA) is 37.8 Å². The fourth-order valence-electron chi connectivity index (χ4n) is 3.76. The van der Waals surface area contributed by atoms with E-state index in [0.717, 1.165) is 28.6 Å². The molecule has 3 unspecified atom stereocenters. The molecule has 0 saturated heterocycles. The quantitative estimate of drug-likeness (QED) is 0.902. The molecule has 2 aliphatic carbocycles. The predicted molar refractivity (Wildman–Crippen MR) is 77.4 cm³/mol. The molecule has 2 saturated carbocycles. The lowest BCUT2D eigenvalue weighted by atomic mass is 9.95.